The number of anilines is 1. The number of sulfonamides is 1. The molecule has 32 heavy (non-hydrogen) atoms. The lowest BCUT2D eigenvalue weighted by molar-refractivity contribution is -0.122. The second-order valence-corrected chi connectivity index (χ2v) is 10.7. The Bertz CT molecular complexity index is 1080. The van der Waals surface area contributed by atoms with Gasteiger partial charge >= 0.3 is 0 Å². The first kappa shape index (κ1) is 23.9. The number of nitrogens with zero attached hydrogens (tertiary/aromatic N) is 1. The third kappa shape index (κ3) is 5.73. The molecule has 1 aliphatic rings. The van der Waals surface area contributed by atoms with Gasteiger partial charge < -0.3 is 14.8 Å². The van der Waals surface area contributed by atoms with Crippen LogP contribution in [0.2, 0.25) is 0 Å². The maximum Gasteiger partial charge on any atom is 0.232 e. The third-order valence-corrected chi connectivity index (χ3v) is 6.66. The van der Waals surface area contributed by atoms with E-state index in [9.17, 15) is 13.2 Å². The fraction of sp³-hybridized carbons (Fsp3) is 0.458. The molecule has 1 heterocycles. The molecule has 8 heteroatoms. The number of carbonyl (C=O) groups is 1. The molecule has 0 spiro atoms. The zero-order chi connectivity index (χ0) is 23.5. The molecule has 1 unspecified atom stereocenters. The van der Waals surface area contributed by atoms with Gasteiger partial charge in [0.05, 0.1) is 25.1 Å². The van der Waals surface area contributed by atoms with Crippen molar-refractivity contribution in [3.63, 3.8) is 0 Å². The SMILES string of the molecule is COc1ccccc1N(CCCC(=O)NC1CC(C)(C)Oc2ccc(C)cc21)S(C)(=O)=O. The molecule has 1 atom stereocenters. The molecule has 0 aliphatic carbocycles. The van der Waals surface area contributed by atoms with Crippen LogP contribution in [-0.2, 0) is 14.8 Å². The van der Waals surface area contributed by atoms with Crippen LogP contribution in [0.1, 0.15) is 50.3 Å². The van der Waals surface area contributed by atoms with E-state index in [4.69, 9.17) is 9.47 Å². The summed E-state index contributed by atoms with van der Waals surface area (Å²) in [6, 6.07) is 12.8. The Kier molecular flexibility index (Phi) is 7.03. The minimum Gasteiger partial charge on any atom is -0.495 e. The first-order valence-electron chi connectivity index (χ1n) is 10.7. The first-order valence-corrected chi connectivity index (χ1v) is 12.5. The number of rotatable bonds is 8. The van der Waals surface area contributed by atoms with Crippen LogP contribution in [0, 0.1) is 6.92 Å². The van der Waals surface area contributed by atoms with Gasteiger partial charge in [-0.2, -0.15) is 0 Å². The lowest BCUT2D eigenvalue weighted by atomic mass is 9.89. The van der Waals surface area contributed by atoms with Gasteiger partial charge in [-0.3, -0.25) is 9.10 Å². The van der Waals surface area contributed by atoms with E-state index in [2.05, 4.69) is 5.32 Å². The smallest absolute Gasteiger partial charge is 0.232 e. The summed E-state index contributed by atoms with van der Waals surface area (Å²) in [6.45, 7) is 6.20. The number of aryl methyl sites for hydroxylation is 1. The summed E-state index contributed by atoms with van der Waals surface area (Å²) < 4.78 is 37.5. The number of benzene rings is 2. The Balaban J connectivity index is 1.67. The van der Waals surface area contributed by atoms with E-state index in [-0.39, 0.29) is 24.9 Å². The average Bonchev–Trinajstić information content (AvgIpc) is 2.70. The van der Waals surface area contributed by atoms with Crippen molar-refractivity contribution < 1.29 is 22.7 Å². The molecule has 0 saturated carbocycles. The predicted molar refractivity (Wildman–Crippen MR) is 126 cm³/mol. The highest BCUT2D eigenvalue weighted by atomic mass is 32.2. The van der Waals surface area contributed by atoms with E-state index in [0.717, 1.165) is 23.1 Å². The van der Waals surface area contributed by atoms with Crippen LogP contribution < -0.4 is 19.1 Å². The molecule has 1 N–H and O–H groups in total. The van der Waals surface area contributed by atoms with Gasteiger partial charge in [-0.25, -0.2) is 8.42 Å². The van der Waals surface area contributed by atoms with Gasteiger partial charge in [0.15, 0.2) is 0 Å². The van der Waals surface area contributed by atoms with Crippen LogP contribution in [0.3, 0.4) is 0 Å². The van der Waals surface area contributed by atoms with Crippen molar-refractivity contribution in [1.82, 2.24) is 5.32 Å². The van der Waals surface area contributed by atoms with Crippen LogP contribution in [0.25, 0.3) is 0 Å². The summed E-state index contributed by atoms with van der Waals surface area (Å²) in [6.07, 6.45) is 2.40. The van der Waals surface area contributed by atoms with Crippen molar-refractivity contribution in [3.05, 3.63) is 53.6 Å². The fourth-order valence-corrected chi connectivity index (χ4v) is 5.02. The zero-order valence-corrected chi connectivity index (χ0v) is 20.2. The normalized spacial score (nSPS) is 17.1. The maximum absolute atomic E-state index is 12.8. The number of para-hydroxylation sites is 2. The average molecular weight is 461 g/mol. The molecule has 7 nitrogen and oxygen atoms in total. The predicted octanol–water partition coefficient (Wildman–Crippen LogP) is 3.97. The number of amides is 1. The zero-order valence-electron chi connectivity index (χ0n) is 19.3. The number of carbonyl (C=O) groups excluding carboxylic acids is 1. The number of methoxy groups -OCH3 is 1. The van der Waals surface area contributed by atoms with Gasteiger partial charge in [0.25, 0.3) is 0 Å². The summed E-state index contributed by atoms with van der Waals surface area (Å²) >= 11 is 0. The highest BCUT2D eigenvalue weighted by Crippen LogP contribution is 2.40. The van der Waals surface area contributed by atoms with Gasteiger partial charge in [0, 0.05) is 24.9 Å². The third-order valence-electron chi connectivity index (χ3n) is 5.48. The van der Waals surface area contributed by atoms with Gasteiger partial charge in [-0.1, -0.05) is 29.8 Å². The van der Waals surface area contributed by atoms with Crippen LogP contribution in [0.5, 0.6) is 11.5 Å². The molecule has 0 bridgehead atoms. The fourth-order valence-electron chi connectivity index (χ4n) is 4.05. The van der Waals surface area contributed by atoms with Crippen molar-refractivity contribution in [2.75, 3.05) is 24.2 Å². The first-order chi connectivity index (χ1) is 15.0. The molecule has 3 rings (SSSR count). The summed E-state index contributed by atoms with van der Waals surface area (Å²) in [5.41, 5.74) is 2.15. The second-order valence-electron chi connectivity index (χ2n) is 8.84. The van der Waals surface area contributed by atoms with E-state index >= 15 is 0 Å². The van der Waals surface area contributed by atoms with Gasteiger partial charge in [-0.15, -0.1) is 0 Å². The molecule has 0 aromatic heterocycles. The quantitative estimate of drug-likeness (QED) is 0.644. The van der Waals surface area contributed by atoms with Crippen LogP contribution >= 0.6 is 0 Å². The van der Waals surface area contributed by atoms with Gasteiger partial charge in [-0.05, 0) is 45.4 Å². The van der Waals surface area contributed by atoms with Crippen molar-refractivity contribution in [2.45, 2.75) is 51.7 Å². The monoisotopic (exact) mass is 460 g/mol. The van der Waals surface area contributed by atoms with E-state index in [1.807, 2.05) is 39.0 Å². The summed E-state index contributed by atoms with van der Waals surface area (Å²) in [7, 11) is -2.03. The Morgan fingerprint density at radius 1 is 1.25 bits per heavy atom. The molecular weight excluding hydrogens is 428 g/mol. The summed E-state index contributed by atoms with van der Waals surface area (Å²) in [5, 5.41) is 3.12. The minimum atomic E-state index is -3.53. The number of ether oxygens (including phenoxy) is 2. The van der Waals surface area contributed by atoms with E-state index in [1.165, 1.54) is 11.4 Å². The number of fused-ring (bicyclic) bond motifs is 1. The Labute approximate surface area is 190 Å². The molecule has 0 saturated heterocycles. The number of hydrogen-bond donors (Lipinski definition) is 1. The highest BCUT2D eigenvalue weighted by Gasteiger charge is 2.34. The molecule has 1 aliphatic heterocycles. The second kappa shape index (κ2) is 9.40. The van der Waals surface area contributed by atoms with Gasteiger partial charge in [0.2, 0.25) is 15.9 Å². The van der Waals surface area contributed by atoms with Gasteiger partial charge in [0.1, 0.15) is 17.1 Å². The molecule has 2 aromatic rings. The van der Waals surface area contributed by atoms with E-state index in [0.29, 0.717) is 24.3 Å². The largest absolute Gasteiger partial charge is 0.495 e. The van der Waals surface area contributed by atoms with E-state index < -0.39 is 15.6 Å². The highest BCUT2D eigenvalue weighted by molar-refractivity contribution is 7.92. The Morgan fingerprint density at radius 3 is 2.66 bits per heavy atom. The lowest BCUT2D eigenvalue weighted by Gasteiger charge is -2.38. The molecule has 2 aromatic carbocycles. The Hall–Kier alpha value is -2.74. The molecule has 0 fully saturated rings. The standard InChI is InChI=1S/C24H32N2O5S/c1-17-12-13-21-18(15-17)19(16-24(2,3)31-21)25-23(27)11-8-14-26(32(5,28)29)20-9-6-7-10-22(20)30-4/h6-7,9-10,12-13,15,19H,8,11,14,16H2,1-5H3,(H,25,27). The topological polar surface area (TPSA) is 84.9 Å². The maximum atomic E-state index is 12.8. The number of nitrogens with one attached hydrogen (secondary N) is 1. The lowest BCUT2D eigenvalue weighted by Crippen LogP contribution is -2.41. The Morgan fingerprint density at radius 2 is 1.97 bits per heavy atom. The molecule has 0 radical (unpaired) electrons. The minimum absolute atomic E-state index is 0.117. The van der Waals surface area contributed by atoms with Crippen molar-refractivity contribution in [3.8, 4) is 11.5 Å². The van der Waals surface area contributed by atoms with E-state index in [1.54, 1.807) is 24.3 Å². The molecule has 1 amide bonds. The van der Waals surface area contributed by atoms with Crippen molar-refractivity contribution in [2.24, 2.45) is 0 Å². The summed E-state index contributed by atoms with van der Waals surface area (Å²) in [5.74, 6) is 1.14. The molecule has 174 valence electrons. The number of hydrogen-bond acceptors (Lipinski definition) is 5. The summed E-state index contributed by atoms with van der Waals surface area (Å²) in [4.78, 5) is 12.8. The van der Waals surface area contributed by atoms with Crippen LogP contribution in [0.15, 0.2) is 42.5 Å². The van der Waals surface area contributed by atoms with Crippen molar-refractivity contribution in [1.29, 1.82) is 0 Å². The van der Waals surface area contributed by atoms with Crippen molar-refractivity contribution >= 4 is 21.6 Å². The molecular formula is C24H32N2O5S. The van der Waals surface area contributed by atoms with Crippen LogP contribution in [-0.4, -0.2) is 39.8 Å². The van der Waals surface area contributed by atoms with Crippen LogP contribution in [0.4, 0.5) is 5.69 Å².